The molecule has 3 aromatic rings. The smallest absolute Gasteiger partial charge is 0.295 e. The number of imidazole rings is 1. The molecule has 9 heteroatoms. The Morgan fingerprint density at radius 2 is 2.16 bits per heavy atom. The number of rotatable bonds is 8. The molecule has 1 aliphatic heterocycles. The van der Waals surface area contributed by atoms with Gasteiger partial charge in [-0.2, -0.15) is 0 Å². The summed E-state index contributed by atoms with van der Waals surface area (Å²) in [5.74, 6) is 0.449. The van der Waals surface area contributed by atoms with Gasteiger partial charge >= 0.3 is 0 Å². The van der Waals surface area contributed by atoms with Crippen LogP contribution in [0.2, 0.25) is 0 Å². The highest BCUT2D eigenvalue weighted by Crippen LogP contribution is 2.29. The van der Waals surface area contributed by atoms with Gasteiger partial charge in [0.15, 0.2) is 17.3 Å². The predicted molar refractivity (Wildman–Crippen MR) is 110 cm³/mol. The maximum absolute atomic E-state index is 12.8. The van der Waals surface area contributed by atoms with Gasteiger partial charge in [0.2, 0.25) is 0 Å². The van der Waals surface area contributed by atoms with Gasteiger partial charge in [0, 0.05) is 18.7 Å². The van der Waals surface area contributed by atoms with E-state index >= 15 is 0 Å². The zero-order valence-electron chi connectivity index (χ0n) is 17.0. The first kappa shape index (κ1) is 21.0. The number of H-pyrrole nitrogens is 1. The van der Waals surface area contributed by atoms with Crippen LogP contribution in [-0.2, 0) is 11.3 Å². The van der Waals surface area contributed by atoms with Gasteiger partial charge in [0.05, 0.1) is 24.2 Å². The van der Waals surface area contributed by atoms with Gasteiger partial charge in [-0.05, 0) is 48.7 Å². The summed E-state index contributed by atoms with van der Waals surface area (Å²) in [5.41, 5.74) is 1.95. The lowest BCUT2D eigenvalue weighted by molar-refractivity contribution is 0.0669. The highest BCUT2D eigenvalue weighted by Gasteiger charge is 2.18. The van der Waals surface area contributed by atoms with E-state index in [0.29, 0.717) is 34.7 Å². The van der Waals surface area contributed by atoms with Gasteiger partial charge in [0.1, 0.15) is 6.61 Å². The first-order valence-corrected chi connectivity index (χ1v) is 10.0. The fourth-order valence-electron chi connectivity index (χ4n) is 3.46. The third-order valence-corrected chi connectivity index (χ3v) is 5.10. The number of hydrogen-bond donors (Lipinski definition) is 2. The second-order valence-electron chi connectivity index (χ2n) is 7.27. The number of halogens is 2. The number of amides is 1. The Balaban J connectivity index is 1.38. The molecule has 0 saturated carbocycles. The topological polar surface area (TPSA) is 85.5 Å². The van der Waals surface area contributed by atoms with Gasteiger partial charge in [-0.15, -0.1) is 0 Å². The van der Waals surface area contributed by atoms with Crippen LogP contribution in [-0.4, -0.2) is 42.3 Å². The van der Waals surface area contributed by atoms with Crippen LogP contribution in [0.3, 0.4) is 0 Å². The molecule has 1 fully saturated rings. The van der Waals surface area contributed by atoms with E-state index in [4.69, 9.17) is 14.2 Å². The number of aromatic nitrogens is 2. The number of alkyl halides is 2. The highest BCUT2D eigenvalue weighted by atomic mass is 19.3. The van der Waals surface area contributed by atoms with Crippen LogP contribution in [0.15, 0.2) is 36.4 Å². The summed E-state index contributed by atoms with van der Waals surface area (Å²) in [6, 6.07) is 10.1. The predicted octanol–water partition coefficient (Wildman–Crippen LogP) is 4.00. The first-order chi connectivity index (χ1) is 15.0. The minimum Gasteiger partial charge on any atom is -0.493 e. The van der Waals surface area contributed by atoms with Crippen LogP contribution >= 0.6 is 0 Å². The van der Waals surface area contributed by atoms with Crippen molar-refractivity contribution < 1.29 is 27.8 Å². The van der Waals surface area contributed by atoms with Crippen molar-refractivity contribution in [1.29, 1.82) is 0 Å². The summed E-state index contributed by atoms with van der Waals surface area (Å²) < 4.78 is 42.4. The van der Waals surface area contributed by atoms with Gasteiger partial charge in [-0.25, -0.2) is 13.8 Å². The molecule has 1 atom stereocenters. The van der Waals surface area contributed by atoms with E-state index in [2.05, 4.69) is 15.3 Å². The minimum atomic E-state index is -2.70. The molecule has 164 valence electrons. The van der Waals surface area contributed by atoms with Crippen molar-refractivity contribution in [3.8, 4) is 11.5 Å². The van der Waals surface area contributed by atoms with Gasteiger partial charge in [0.25, 0.3) is 12.3 Å². The number of ether oxygens (including phenoxy) is 3. The zero-order valence-corrected chi connectivity index (χ0v) is 17.0. The number of fused-ring (bicyclic) bond motifs is 1. The van der Waals surface area contributed by atoms with Crippen LogP contribution in [0.4, 0.5) is 8.78 Å². The monoisotopic (exact) mass is 431 g/mol. The van der Waals surface area contributed by atoms with Gasteiger partial charge in [-0.3, -0.25) is 4.79 Å². The Morgan fingerprint density at radius 3 is 2.90 bits per heavy atom. The Morgan fingerprint density at radius 1 is 1.29 bits per heavy atom. The van der Waals surface area contributed by atoms with E-state index in [1.807, 2.05) is 6.07 Å². The summed E-state index contributed by atoms with van der Waals surface area (Å²) in [7, 11) is 1.56. The maximum Gasteiger partial charge on any atom is 0.295 e. The highest BCUT2D eigenvalue weighted by molar-refractivity contribution is 5.97. The lowest BCUT2D eigenvalue weighted by Crippen LogP contribution is -2.22. The average Bonchev–Trinajstić information content (AvgIpc) is 3.45. The molecule has 1 unspecified atom stereocenters. The largest absolute Gasteiger partial charge is 0.493 e. The van der Waals surface area contributed by atoms with E-state index < -0.39 is 12.2 Å². The fraction of sp³-hybridized carbons (Fsp3) is 0.364. The summed E-state index contributed by atoms with van der Waals surface area (Å²) in [6.07, 6.45) is -0.560. The van der Waals surface area contributed by atoms with Gasteiger partial charge in [-0.1, -0.05) is 6.07 Å². The van der Waals surface area contributed by atoms with E-state index in [0.717, 1.165) is 25.0 Å². The summed E-state index contributed by atoms with van der Waals surface area (Å²) in [5, 5.41) is 2.82. The number of nitrogens with one attached hydrogen (secondary N) is 2. The minimum absolute atomic E-state index is 0.104. The van der Waals surface area contributed by atoms with Crippen molar-refractivity contribution in [2.24, 2.45) is 0 Å². The summed E-state index contributed by atoms with van der Waals surface area (Å²) in [6.45, 7) is 1.50. The van der Waals surface area contributed by atoms with Crippen molar-refractivity contribution in [2.45, 2.75) is 31.9 Å². The molecule has 1 aliphatic rings. The van der Waals surface area contributed by atoms with Crippen molar-refractivity contribution in [2.75, 3.05) is 20.3 Å². The molecule has 0 bridgehead atoms. The third kappa shape index (κ3) is 4.93. The number of methoxy groups -OCH3 is 1. The standard InChI is InChI=1S/C22H23F2N3O4/c1-29-19-9-13(4-7-18(19)31-12-15-3-2-8-30-15)11-25-22(28)14-5-6-16-17(10-14)27-21(26-16)20(23)24/h4-7,9-10,15,20H,2-3,8,11-12H2,1H3,(H,25,28)(H,26,27). The lowest BCUT2D eigenvalue weighted by Gasteiger charge is -2.15. The van der Waals surface area contributed by atoms with E-state index in [9.17, 15) is 13.6 Å². The maximum atomic E-state index is 12.8. The first-order valence-electron chi connectivity index (χ1n) is 10.0. The normalized spacial score (nSPS) is 16.1. The molecule has 1 saturated heterocycles. The lowest BCUT2D eigenvalue weighted by atomic mass is 10.1. The molecule has 0 aliphatic carbocycles. The molecule has 4 rings (SSSR count). The second-order valence-corrected chi connectivity index (χ2v) is 7.27. The van der Waals surface area contributed by atoms with E-state index in [1.165, 1.54) is 12.1 Å². The zero-order chi connectivity index (χ0) is 21.8. The fourth-order valence-corrected chi connectivity index (χ4v) is 3.46. The Bertz CT molecular complexity index is 1060. The quantitative estimate of drug-likeness (QED) is 0.563. The van der Waals surface area contributed by atoms with Crippen molar-refractivity contribution in [3.63, 3.8) is 0 Å². The molecule has 7 nitrogen and oxygen atoms in total. The Kier molecular flexibility index (Phi) is 6.31. The van der Waals surface area contributed by atoms with Crippen LogP contribution in [0.25, 0.3) is 11.0 Å². The molecule has 31 heavy (non-hydrogen) atoms. The summed E-state index contributed by atoms with van der Waals surface area (Å²) >= 11 is 0. The molecule has 2 aromatic carbocycles. The number of benzene rings is 2. The Hall–Kier alpha value is -3.20. The summed E-state index contributed by atoms with van der Waals surface area (Å²) in [4.78, 5) is 18.8. The molecule has 2 heterocycles. The molecule has 0 spiro atoms. The average molecular weight is 431 g/mol. The third-order valence-electron chi connectivity index (χ3n) is 5.10. The number of aromatic amines is 1. The molecular formula is C22H23F2N3O4. The molecule has 2 N–H and O–H groups in total. The Labute approximate surface area is 177 Å². The number of carbonyl (C=O) groups excluding carboxylic acids is 1. The van der Waals surface area contributed by atoms with Crippen LogP contribution in [0.1, 0.15) is 41.0 Å². The molecular weight excluding hydrogens is 408 g/mol. The molecule has 1 aromatic heterocycles. The van der Waals surface area contributed by atoms with Crippen molar-refractivity contribution in [1.82, 2.24) is 15.3 Å². The number of carbonyl (C=O) groups is 1. The van der Waals surface area contributed by atoms with Crippen molar-refractivity contribution >= 4 is 16.9 Å². The van der Waals surface area contributed by atoms with E-state index in [-0.39, 0.29) is 18.6 Å². The molecule has 1 amide bonds. The number of hydrogen-bond acceptors (Lipinski definition) is 5. The SMILES string of the molecule is COc1cc(CNC(=O)c2ccc3nc(C(F)F)[nH]c3c2)ccc1OCC1CCCO1. The number of nitrogens with zero attached hydrogens (tertiary/aromatic N) is 1. The van der Waals surface area contributed by atoms with Crippen LogP contribution in [0, 0.1) is 0 Å². The molecule has 0 radical (unpaired) electrons. The second kappa shape index (κ2) is 9.30. The van der Waals surface area contributed by atoms with Crippen molar-refractivity contribution in [3.05, 3.63) is 53.3 Å². The van der Waals surface area contributed by atoms with Gasteiger partial charge < -0.3 is 24.5 Å². The van der Waals surface area contributed by atoms with Crippen LogP contribution < -0.4 is 14.8 Å². The van der Waals surface area contributed by atoms with Crippen LogP contribution in [0.5, 0.6) is 11.5 Å². The van der Waals surface area contributed by atoms with E-state index in [1.54, 1.807) is 25.3 Å².